The van der Waals surface area contributed by atoms with Crippen LogP contribution < -0.4 is 9.64 Å². The zero-order valence-electron chi connectivity index (χ0n) is 18.1. The summed E-state index contributed by atoms with van der Waals surface area (Å²) >= 11 is 0. The van der Waals surface area contributed by atoms with Gasteiger partial charge in [-0.3, -0.25) is 4.90 Å². The fourth-order valence-electron chi connectivity index (χ4n) is 3.66. The van der Waals surface area contributed by atoms with Gasteiger partial charge in [-0.2, -0.15) is 13.2 Å². The number of ether oxygens (including phenoxy) is 1. The number of phenolic OH excluding ortho intramolecular Hbond substituents is 1. The lowest BCUT2D eigenvalue weighted by Crippen LogP contribution is -2.47. The van der Waals surface area contributed by atoms with Gasteiger partial charge in [-0.25, -0.2) is 0 Å². The Labute approximate surface area is 188 Å². The third kappa shape index (κ3) is 6.43. The minimum absolute atomic E-state index is 0. The highest BCUT2D eigenvalue weighted by molar-refractivity contribution is 5.85. The minimum atomic E-state index is -4.32. The molecule has 1 aliphatic rings. The molecule has 172 valence electrons. The summed E-state index contributed by atoms with van der Waals surface area (Å²) in [5, 5.41) is 9.95. The molecular weight excluding hydrogens is 429 g/mol. The van der Waals surface area contributed by atoms with Gasteiger partial charge < -0.3 is 14.7 Å². The van der Waals surface area contributed by atoms with Crippen LogP contribution in [0.4, 0.5) is 18.9 Å². The Kier molecular flexibility index (Phi) is 8.49. The summed E-state index contributed by atoms with van der Waals surface area (Å²) in [6, 6.07) is 9.16. The van der Waals surface area contributed by atoms with Crippen molar-refractivity contribution in [2.75, 3.05) is 44.2 Å². The molecule has 1 saturated heterocycles. The van der Waals surface area contributed by atoms with Crippen LogP contribution in [0.2, 0.25) is 0 Å². The van der Waals surface area contributed by atoms with Crippen LogP contribution in [0.15, 0.2) is 36.4 Å². The maximum absolute atomic E-state index is 12.9. The van der Waals surface area contributed by atoms with Gasteiger partial charge in [0.05, 0.1) is 5.56 Å². The predicted octanol–water partition coefficient (Wildman–Crippen LogP) is 5.47. The molecule has 0 bridgehead atoms. The van der Waals surface area contributed by atoms with Gasteiger partial charge in [0.2, 0.25) is 0 Å². The van der Waals surface area contributed by atoms with E-state index in [0.29, 0.717) is 25.4 Å². The molecule has 1 aliphatic heterocycles. The first kappa shape index (κ1) is 25.1. The second-order valence-corrected chi connectivity index (χ2v) is 8.06. The number of rotatable bonds is 6. The highest BCUT2D eigenvalue weighted by Crippen LogP contribution is 2.33. The Morgan fingerprint density at radius 1 is 1.06 bits per heavy atom. The van der Waals surface area contributed by atoms with Crippen LogP contribution in [0.5, 0.6) is 11.5 Å². The largest absolute Gasteiger partial charge is 0.508 e. The number of aromatic hydroxyl groups is 1. The van der Waals surface area contributed by atoms with E-state index in [9.17, 15) is 18.3 Å². The molecule has 4 nitrogen and oxygen atoms in total. The summed E-state index contributed by atoms with van der Waals surface area (Å²) in [7, 11) is 0. The average Bonchev–Trinajstić information content (AvgIpc) is 2.70. The van der Waals surface area contributed by atoms with Crippen molar-refractivity contribution in [2.45, 2.75) is 32.9 Å². The van der Waals surface area contributed by atoms with E-state index in [1.165, 1.54) is 12.1 Å². The van der Waals surface area contributed by atoms with Crippen molar-refractivity contribution < 1.29 is 23.0 Å². The monoisotopic (exact) mass is 458 g/mol. The van der Waals surface area contributed by atoms with Crippen LogP contribution in [0, 0.1) is 6.92 Å². The molecule has 0 aliphatic carbocycles. The number of anilines is 1. The Balaban J connectivity index is 0.00000341. The SMILES string of the molecule is Cc1cc(OCCN2CCN(c3cccc(C(F)(F)F)c3)CC2)c(C(C)C)cc1O.Cl. The number of nitrogens with zero attached hydrogens (tertiary/aromatic N) is 2. The van der Waals surface area contributed by atoms with Crippen LogP contribution >= 0.6 is 12.4 Å². The Bertz CT molecular complexity index is 866. The normalized spacial score (nSPS) is 15.1. The zero-order chi connectivity index (χ0) is 21.9. The highest BCUT2D eigenvalue weighted by Gasteiger charge is 2.31. The molecule has 1 heterocycles. The van der Waals surface area contributed by atoms with E-state index in [1.54, 1.807) is 12.1 Å². The van der Waals surface area contributed by atoms with Crippen LogP contribution in [-0.2, 0) is 6.18 Å². The minimum Gasteiger partial charge on any atom is -0.508 e. The smallest absolute Gasteiger partial charge is 0.416 e. The van der Waals surface area contributed by atoms with Crippen molar-refractivity contribution in [2.24, 2.45) is 0 Å². The first-order chi connectivity index (χ1) is 14.1. The number of aryl methyl sites for hydroxylation is 1. The standard InChI is InChI=1S/C23H29F3N2O2.ClH/c1-16(2)20-15-21(29)17(3)13-22(20)30-12-11-27-7-9-28(10-8-27)19-6-4-5-18(14-19)23(24,25)26;/h4-6,13-16,29H,7-12H2,1-3H3;1H. The topological polar surface area (TPSA) is 35.9 Å². The van der Waals surface area contributed by atoms with Crippen molar-refractivity contribution in [1.82, 2.24) is 4.90 Å². The molecular formula is C23H30ClF3N2O2. The van der Waals surface area contributed by atoms with E-state index in [4.69, 9.17) is 4.74 Å². The van der Waals surface area contributed by atoms with Crippen molar-refractivity contribution in [3.05, 3.63) is 53.1 Å². The van der Waals surface area contributed by atoms with Crippen molar-refractivity contribution in [3.8, 4) is 11.5 Å². The van der Waals surface area contributed by atoms with Gasteiger partial charge in [0.15, 0.2) is 0 Å². The molecule has 0 saturated carbocycles. The fraction of sp³-hybridized carbons (Fsp3) is 0.478. The molecule has 0 unspecified atom stereocenters. The van der Waals surface area contributed by atoms with E-state index in [0.717, 1.165) is 42.6 Å². The molecule has 1 N–H and O–H groups in total. The zero-order valence-corrected chi connectivity index (χ0v) is 18.9. The van der Waals surface area contributed by atoms with Gasteiger partial charge >= 0.3 is 6.18 Å². The molecule has 0 aromatic heterocycles. The summed E-state index contributed by atoms with van der Waals surface area (Å²) < 4.78 is 44.9. The van der Waals surface area contributed by atoms with Crippen LogP contribution in [-0.4, -0.2) is 49.3 Å². The van der Waals surface area contributed by atoms with E-state index in [-0.39, 0.29) is 24.1 Å². The summed E-state index contributed by atoms with van der Waals surface area (Å²) in [5.74, 6) is 1.31. The Morgan fingerprint density at radius 3 is 2.35 bits per heavy atom. The van der Waals surface area contributed by atoms with Gasteiger partial charge in [-0.05, 0) is 48.7 Å². The molecule has 3 rings (SSSR count). The van der Waals surface area contributed by atoms with E-state index in [2.05, 4.69) is 18.7 Å². The molecule has 31 heavy (non-hydrogen) atoms. The second-order valence-electron chi connectivity index (χ2n) is 8.06. The van der Waals surface area contributed by atoms with Crippen LogP contribution in [0.3, 0.4) is 0 Å². The Hall–Kier alpha value is -2.12. The van der Waals surface area contributed by atoms with Crippen molar-refractivity contribution in [3.63, 3.8) is 0 Å². The summed E-state index contributed by atoms with van der Waals surface area (Å²) in [4.78, 5) is 4.25. The van der Waals surface area contributed by atoms with Crippen LogP contribution in [0.1, 0.15) is 36.5 Å². The Morgan fingerprint density at radius 2 is 1.74 bits per heavy atom. The number of benzene rings is 2. The van der Waals surface area contributed by atoms with Crippen LogP contribution in [0.25, 0.3) is 0 Å². The lowest BCUT2D eigenvalue weighted by atomic mass is 10.00. The second kappa shape index (κ2) is 10.5. The molecule has 1 fully saturated rings. The third-order valence-electron chi connectivity index (χ3n) is 5.53. The third-order valence-corrected chi connectivity index (χ3v) is 5.53. The average molecular weight is 459 g/mol. The number of halogens is 4. The van der Waals surface area contributed by atoms with E-state index < -0.39 is 11.7 Å². The molecule has 2 aromatic carbocycles. The summed E-state index contributed by atoms with van der Waals surface area (Å²) in [6.07, 6.45) is -4.32. The first-order valence-electron chi connectivity index (χ1n) is 10.3. The predicted molar refractivity (Wildman–Crippen MR) is 120 cm³/mol. The van der Waals surface area contributed by atoms with Gasteiger partial charge in [0.25, 0.3) is 0 Å². The number of hydrogen-bond donors (Lipinski definition) is 1. The van der Waals surface area contributed by atoms with Gasteiger partial charge in [-0.15, -0.1) is 12.4 Å². The molecule has 2 aromatic rings. The molecule has 0 radical (unpaired) electrons. The van der Waals surface area contributed by atoms with E-state index >= 15 is 0 Å². The summed E-state index contributed by atoms with van der Waals surface area (Å²) in [6.45, 7) is 10.1. The van der Waals surface area contributed by atoms with Gasteiger partial charge in [0.1, 0.15) is 18.1 Å². The molecule has 0 spiro atoms. The quantitative estimate of drug-likeness (QED) is 0.623. The maximum atomic E-state index is 12.9. The van der Waals surface area contributed by atoms with E-state index in [1.807, 2.05) is 17.9 Å². The molecule has 0 amide bonds. The fourth-order valence-corrected chi connectivity index (χ4v) is 3.66. The maximum Gasteiger partial charge on any atom is 0.416 e. The summed E-state index contributed by atoms with van der Waals surface area (Å²) in [5.41, 5.74) is 1.76. The number of piperazine rings is 1. The number of phenols is 1. The lowest BCUT2D eigenvalue weighted by Gasteiger charge is -2.36. The number of alkyl halides is 3. The highest BCUT2D eigenvalue weighted by atomic mass is 35.5. The van der Waals surface area contributed by atoms with Gasteiger partial charge in [0, 0.05) is 44.0 Å². The number of hydrogen-bond acceptors (Lipinski definition) is 4. The molecule has 8 heteroatoms. The van der Waals surface area contributed by atoms with Crippen molar-refractivity contribution in [1.29, 1.82) is 0 Å². The first-order valence-corrected chi connectivity index (χ1v) is 10.3. The molecule has 0 atom stereocenters. The van der Waals surface area contributed by atoms with Gasteiger partial charge in [-0.1, -0.05) is 19.9 Å². The van der Waals surface area contributed by atoms with Crippen molar-refractivity contribution >= 4 is 18.1 Å². The lowest BCUT2D eigenvalue weighted by molar-refractivity contribution is -0.137.